The van der Waals surface area contributed by atoms with Crippen molar-refractivity contribution in [2.24, 2.45) is 0 Å². The number of aromatic nitrogens is 3. The summed E-state index contributed by atoms with van der Waals surface area (Å²) in [6.45, 7) is 3.09. The summed E-state index contributed by atoms with van der Waals surface area (Å²) in [6, 6.07) is 8.01. The summed E-state index contributed by atoms with van der Waals surface area (Å²) >= 11 is 6.65. The lowest BCUT2D eigenvalue weighted by Crippen LogP contribution is -2.63. The van der Waals surface area contributed by atoms with Gasteiger partial charge in [0.1, 0.15) is 41.2 Å². The van der Waals surface area contributed by atoms with Crippen LogP contribution in [0.15, 0.2) is 30.3 Å². The molecule has 45 heavy (non-hydrogen) atoms. The normalized spacial score (nSPS) is 25.2. The largest absolute Gasteiger partial charge is 0.508 e. The molecule has 4 saturated heterocycles. The van der Waals surface area contributed by atoms with Gasteiger partial charge in [-0.3, -0.25) is 14.6 Å². The number of aromatic hydroxyl groups is 1. The van der Waals surface area contributed by atoms with Crippen molar-refractivity contribution in [2.75, 3.05) is 43.1 Å². The number of benzene rings is 2. The summed E-state index contributed by atoms with van der Waals surface area (Å²) in [5, 5.41) is 16.2. The summed E-state index contributed by atoms with van der Waals surface area (Å²) in [5.41, 5.74) is 0.224. The van der Waals surface area contributed by atoms with Crippen molar-refractivity contribution in [3.05, 3.63) is 41.2 Å². The summed E-state index contributed by atoms with van der Waals surface area (Å²) in [4.78, 5) is 34.7. The fraction of sp³-hybridized carbons (Fsp3) is 0.455. The molecule has 7 heterocycles. The van der Waals surface area contributed by atoms with Crippen LogP contribution >= 0.6 is 11.6 Å². The molecule has 3 atom stereocenters. The van der Waals surface area contributed by atoms with Crippen molar-refractivity contribution in [3.63, 3.8) is 0 Å². The monoisotopic (exact) mass is 629 g/mol. The van der Waals surface area contributed by atoms with Crippen LogP contribution in [0.2, 0.25) is 5.02 Å². The Balaban J connectivity index is 1.28. The van der Waals surface area contributed by atoms with Gasteiger partial charge in [-0.25, -0.2) is 9.37 Å². The van der Waals surface area contributed by atoms with E-state index in [1.165, 1.54) is 11.0 Å². The molecule has 1 amide bonds. The first-order valence-electron chi connectivity index (χ1n) is 15.8. The maximum absolute atomic E-state index is 17.1. The zero-order valence-electron chi connectivity index (χ0n) is 24.9. The molecule has 0 spiro atoms. The number of nitrogens with one attached hydrogen (secondary N) is 1. The quantitative estimate of drug-likeness (QED) is 0.334. The van der Waals surface area contributed by atoms with Crippen LogP contribution < -0.4 is 19.9 Å². The lowest BCUT2D eigenvalue weighted by molar-refractivity contribution is -0.120. The number of phenols is 1. The average molecular weight is 630 g/mol. The van der Waals surface area contributed by atoms with Gasteiger partial charge in [0.25, 0.3) is 5.91 Å². The molecule has 3 unspecified atom stereocenters. The molecule has 2 aromatic heterocycles. The van der Waals surface area contributed by atoms with Crippen LogP contribution in [-0.4, -0.2) is 87.8 Å². The highest BCUT2D eigenvalue weighted by atomic mass is 35.5. The number of amides is 1. The molecular weight excluding hydrogens is 597 g/mol. The van der Waals surface area contributed by atoms with Gasteiger partial charge in [0, 0.05) is 41.6 Å². The number of nitrogens with zero attached hydrogens (tertiary/aromatic N) is 6. The van der Waals surface area contributed by atoms with E-state index in [0.29, 0.717) is 45.7 Å². The van der Waals surface area contributed by atoms with Crippen LogP contribution in [-0.2, 0) is 4.79 Å². The smallest absolute Gasteiger partial charge is 0.319 e. The molecule has 0 radical (unpaired) electrons. The Bertz CT molecular complexity index is 1910. The van der Waals surface area contributed by atoms with E-state index < -0.39 is 11.9 Å². The second-order valence-electron chi connectivity index (χ2n) is 13.2. The lowest BCUT2D eigenvalue weighted by Gasteiger charge is -2.40. The van der Waals surface area contributed by atoms with Crippen LogP contribution in [0.1, 0.15) is 38.5 Å². The number of piperazine rings is 1. The zero-order chi connectivity index (χ0) is 30.6. The summed E-state index contributed by atoms with van der Waals surface area (Å²) in [7, 11) is 1.67. The predicted molar refractivity (Wildman–Crippen MR) is 170 cm³/mol. The molecule has 2 bridgehead atoms. The molecule has 4 aromatic rings. The molecule has 0 aliphatic carbocycles. The van der Waals surface area contributed by atoms with Crippen LogP contribution in [0, 0.1) is 5.82 Å². The van der Waals surface area contributed by atoms with Gasteiger partial charge in [-0.2, -0.15) is 9.97 Å². The average Bonchev–Trinajstić information content (AvgIpc) is 3.72. The second-order valence-corrected chi connectivity index (χ2v) is 13.6. The number of pyridine rings is 1. The maximum Gasteiger partial charge on any atom is 0.319 e. The first kappa shape index (κ1) is 27.5. The van der Waals surface area contributed by atoms with E-state index in [2.05, 4.69) is 10.2 Å². The van der Waals surface area contributed by atoms with E-state index in [0.717, 1.165) is 51.6 Å². The first-order chi connectivity index (χ1) is 21.8. The molecule has 5 aliphatic heterocycles. The Labute approximate surface area is 264 Å². The summed E-state index contributed by atoms with van der Waals surface area (Å²) in [6.07, 6.45) is 6.16. The van der Waals surface area contributed by atoms with Crippen molar-refractivity contribution < 1.29 is 19.0 Å². The van der Waals surface area contributed by atoms with Gasteiger partial charge < -0.3 is 20.1 Å². The Hall–Kier alpha value is -3.80. The maximum atomic E-state index is 17.1. The Morgan fingerprint density at radius 2 is 1.93 bits per heavy atom. The molecule has 5 aliphatic rings. The Morgan fingerprint density at radius 3 is 2.76 bits per heavy atom. The van der Waals surface area contributed by atoms with Gasteiger partial charge in [-0.15, -0.1) is 0 Å². The van der Waals surface area contributed by atoms with E-state index in [9.17, 15) is 9.90 Å². The Morgan fingerprint density at radius 1 is 1.11 bits per heavy atom. The first-order valence-corrected chi connectivity index (χ1v) is 16.2. The van der Waals surface area contributed by atoms with E-state index in [4.69, 9.17) is 31.3 Å². The molecule has 9 rings (SSSR count). The van der Waals surface area contributed by atoms with Crippen molar-refractivity contribution in [1.29, 1.82) is 0 Å². The van der Waals surface area contributed by atoms with Crippen molar-refractivity contribution in [3.8, 4) is 23.0 Å². The van der Waals surface area contributed by atoms with Gasteiger partial charge >= 0.3 is 6.01 Å². The molecule has 10 nitrogen and oxygen atoms in total. The molecule has 232 valence electrons. The zero-order valence-corrected chi connectivity index (χ0v) is 25.6. The third-order valence-electron chi connectivity index (χ3n) is 10.8. The predicted octanol–water partition coefficient (Wildman–Crippen LogP) is 4.64. The SMILES string of the molecule is CN1C(=O)C2C3CCC(CN2c2nc(OCC45CCCN4CCC5)nc4c(F)c(-c5cc(O)cc6cccc(Cl)c56)nc1c24)N3. The number of likely N-dealkylation sites (N-methyl/N-ethyl adjacent to an activating group) is 1. The molecule has 0 saturated carbocycles. The minimum atomic E-state index is -0.687. The van der Waals surface area contributed by atoms with Crippen LogP contribution in [0.25, 0.3) is 32.9 Å². The number of phenolic OH excluding ortho intramolecular Hbond substituents is 1. The van der Waals surface area contributed by atoms with Gasteiger partial charge in [-0.1, -0.05) is 23.7 Å². The number of halogens is 2. The minimum absolute atomic E-state index is 0.0249. The van der Waals surface area contributed by atoms with E-state index in [1.807, 2.05) is 4.90 Å². The number of ether oxygens (including phenoxy) is 1. The fourth-order valence-electron chi connectivity index (χ4n) is 8.66. The number of anilines is 2. The van der Waals surface area contributed by atoms with Crippen molar-refractivity contribution in [2.45, 2.75) is 62.2 Å². The fourth-order valence-corrected chi connectivity index (χ4v) is 8.94. The number of carbonyl (C=O) groups excluding carboxylic acids is 1. The number of hydrogen-bond donors (Lipinski definition) is 2. The summed E-state index contributed by atoms with van der Waals surface area (Å²) in [5.74, 6) is -0.161. The molecular formula is C33H33ClFN7O3. The third kappa shape index (κ3) is 3.99. The van der Waals surface area contributed by atoms with Crippen LogP contribution in [0.3, 0.4) is 0 Å². The van der Waals surface area contributed by atoms with E-state index in [-0.39, 0.29) is 52.3 Å². The standard InChI is InChI=1S/C33H33ClFN7O3/c1-40-29-24-27(25(35)26(37-29)20-14-19(43)13-17-5-2-6-21(34)23(17)20)38-32(45-16-33-9-3-11-41(33)12-4-10-33)39-30(24)42-15-18-7-8-22(36-18)28(42)31(40)44/h2,5-6,13-14,18,22,28,36,43H,3-4,7-12,15-16H2,1H3. The molecule has 12 heteroatoms. The van der Waals surface area contributed by atoms with Gasteiger partial charge in [-0.05, 0) is 75.2 Å². The van der Waals surface area contributed by atoms with Crippen molar-refractivity contribution in [1.82, 2.24) is 25.2 Å². The van der Waals surface area contributed by atoms with E-state index in [1.54, 1.807) is 31.3 Å². The number of carbonyl (C=O) groups is 1. The lowest BCUT2D eigenvalue weighted by atomic mass is 9.95. The van der Waals surface area contributed by atoms with Crippen LogP contribution in [0.5, 0.6) is 11.8 Å². The third-order valence-corrected chi connectivity index (χ3v) is 11.1. The minimum Gasteiger partial charge on any atom is -0.508 e. The Kier molecular flexibility index (Phi) is 6.02. The number of fused-ring (bicyclic) bond motifs is 7. The van der Waals surface area contributed by atoms with E-state index >= 15 is 4.39 Å². The molecule has 2 N–H and O–H groups in total. The second kappa shape index (κ2) is 9.85. The highest BCUT2D eigenvalue weighted by Gasteiger charge is 2.49. The molecule has 2 aromatic carbocycles. The molecule has 4 fully saturated rings. The summed E-state index contributed by atoms with van der Waals surface area (Å²) < 4.78 is 23.5. The van der Waals surface area contributed by atoms with Gasteiger partial charge in [0.15, 0.2) is 5.82 Å². The highest BCUT2D eigenvalue weighted by molar-refractivity contribution is 6.36. The highest BCUT2D eigenvalue weighted by Crippen LogP contribution is 2.46. The van der Waals surface area contributed by atoms with Gasteiger partial charge in [0.2, 0.25) is 0 Å². The van der Waals surface area contributed by atoms with Gasteiger partial charge in [0.05, 0.1) is 10.9 Å². The number of rotatable bonds is 4. The topological polar surface area (TPSA) is 107 Å². The van der Waals surface area contributed by atoms with Crippen molar-refractivity contribution >= 4 is 50.8 Å². The van der Waals surface area contributed by atoms with Crippen LogP contribution in [0.4, 0.5) is 16.0 Å². The number of hydrogen-bond acceptors (Lipinski definition) is 9.